The number of benzene rings is 1. The van der Waals surface area contributed by atoms with E-state index in [2.05, 4.69) is 15.4 Å². The molecular weight excluding hydrogens is 539 g/mol. The number of carboxylic acids is 1. The van der Waals surface area contributed by atoms with Crippen molar-refractivity contribution in [1.82, 2.24) is 14.6 Å². The van der Waals surface area contributed by atoms with Crippen LogP contribution in [0.2, 0.25) is 0 Å². The predicted octanol–water partition coefficient (Wildman–Crippen LogP) is 0.734. The lowest BCUT2D eigenvalue weighted by atomic mass is 9.90. The molecule has 6 N–H and O–H groups in total. The number of nitrogens with two attached hydrogens (primary N) is 1. The SMILES string of the molecule is CC(C)(CCO[C@H]1[C@@H](O)[C@](C#N)(c2ccc3c(NC(=O)[C@@H](N)Cc4ccc(F)cc4)ncnn23)O[C@@H]1CO)C(=O)O. The van der Waals surface area contributed by atoms with Gasteiger partial charge in [0.15, 0.2) is 5.82 Å². The zero-order chi connectivity index (χ0) is 29.9. The number of hydrogen-bond donors (Lipinski definition) is 5. The molecule has 1 aliphatic rings. The van der Waals surface area contributed by atoms with Gasteiger partial charge in [-0.3, -0.25) is 9.59 Å². The van der Waals surface area contributed by atoms with Gasteiger partial charge in [-0.1, -0.05) is 12.1 Å². The van der Waals surface area contributed by atoms with E-state index in [0.29, 0.717) is 5.56 Å². The fraction of sp³-hybridized carbons (Fsp3) is 0.444. The fourth-order valence-corrected chi connectivity index (χ4v) is 4.56. The van der Waals surface area contributed by atoms with Gasteiger partial charge in [0.05, 0.1) is 23.8 Å². The lowest BCUT2D eigenvalue weighted by Gasteiger charge is -2.26. The third-order valence-corrected chi connectivity index (χ3v) is 7.17. The van der Waals surface area contributed by atoms with Crippen LogP contribution < -0.4 is 11.1 Å². The number of anilines is 1. The van der Waals surface area contributed by atoms with Gasteiger partial charge in [0.25, 0.3) is 0 Å². The Labute approximate surface area is 234 Å². The summed E-state index contributed by atoms with van der Waals surface area (Å²) in [7, 11) is 0. The van der Waals surface area contributed by atoms with Gasteiger partial charge >= 0.3 is 5.97 Å². The predicted molar refractivity (Wildman–Crippen MR) is 141 cm³/mol. The molecule has 218 valence electrons. The first-order valence-corrected chi connectivity index (χ1v) is 12.8. The summed E-state index contributed by atoms with van der Waals surface area (Å²) >= 11 is 0. The number of aliphatic carboxylic acids is 1. The highest BCUT2D eigenvalue weighted by atomic mass is 19.1. The van der Waals surface area contributed by atoms with E-state index < -0.39 is 59.7 Å². The van der Waals surface area contributed by atoms with Crippen LogP contribution in [0.3, 0.4) is 0 Å². The maximum absolute atomic E-state index is 13.2. The molecule has 14 heteroatoms. The molecule has 0 saturated carbocycles. The molecule has 41 heavy (non-hydrogen) atoms. The van der Waals surface area contributed by atoms with Crippen LogP contribution in [0.25, 0.3) is 5.52 Å². The molecular formula is C27H31FN6O7. The summed E-state index contributed by atoms with van der Waals surface area (Å²) in [6.07, 6.45) is -2.46. The number of hydrogen-bond acceptors (Lipinski definition) is 10. The summed E-state index contributed by atoms with van der Waals surface area (Å²) in [4.78, 5) is 28.3. The third-order valence-electron chi connectivity index (χ3n) is 7.17. The minimum absolute atomic E-state index is 0.0756. The second-order valence-corrected chi connectivity index (χ2v) is 10.5. The van der Waals surface area contributed by atoms with Crippen LogP contribution in [0.15, 0.2) is 42.7 Å². The van der Waals surface area contributed by atoms with E-state index in [1.54, 1.807) is 0 Å². The molecule has 3 aromatic rings. The molecule has 2 aromatic heterocycles. The number of nitriles is 1. The van der Waals surface area contributed by atoms with Gasteiger partial charge in [0.1, 0.15) is 42.0 Å². The van der Waals surface area contributed by atoms with E-state index >= 15 is 0 Å². The van der Waals surface area contributed by atoms with Crippen molar-refractivity contribution in [2.45, 2.75) is 56.6 Å². The van der Waals surface area contributed by atoms with E-state index in [-0.39, 0.29) is 36.5 Å². The van der Waals surface area contributed by atoms with E-state index in [0.717, 1.165) is 6.33 Å². The third kappa shape index (κ3) is 5.90. The maximum Gasteiger partial charge on any atom is 0.309 e. The summed E-state index contributed by atoms with van der Waals surface area (Å²) in [5.74, 6) is -1.92. The standard InChI is InChI=1S/C27H31FN6O7/c1-26(2,25(38)39)9-10-40-21-19(12-35)41-27(13-29,22(21)36)20-8-7-18-23(31-14-32-34(18)20)33-24(37)17(30)11-15-3-5-16(28)6-4-15/h3-8,14,17,19,21-22,35-36H,9-12,30H2,1-2H3,(H,38,39)(H,31,32,33,37)/t17-,19+,21+,22+,27-/m0/s1. The number of carbonyl (C=O) groups excluding carboxylic acids is 1. The van der Waals surface area contributed by atoms with Gasteiger partial charge < -0.3 is 35.8 Å². The van der Waals surface area contributed by atoms with Crippen molar-refractivity contribution in [2.75, 3.05) is 18.5 Å². The summed E-state index contributed by atoms with van der Waals surface area (Å²) < 4.78 is 26.1. The molecule has 4 rings (SSSR count). The van der Waals surface area contributed by atoms with Crippen molar-refractivity contribution in [1.29, 1.82) is 5.26 Å². The summed E-state index contributed by atoms with van der Waals surface area (Å²) in [6, 6.07) is 9.59. The van der Waals surface area contributed by atoms with Crippen LogP contribution in [0.1, 0.15) is 31.5 Å². The van der Waals surface area contributed by atoms with Gasteiger partial charge in [-0.2, -0.15) is 10.4 Å². The minimum atomic E-state index is -2.03. The van der Waals surface area contributed by atoms with Crippen LogP contribution in [-0.2, 0) is 31.1 Å². The number of nitrogens with zero attached hydrogens (tertiary/aromatic N) is 4. The van der Waals surface area contributed by atoms with Crippen LogP contribution in [0.5, 0.6) is 0 Å². The van der Waals surface area contributed by atoms with E-state index in [9.17, 15) is 34.6 Å². The van der Waals surface area contributed by atoms with Gasteiger partial charge in [0, 0.05) is 6.61 Å². The molecule has 0 radical (unpaired) electrons. The Morgan fingerprint density at radius 1 is 1.32 bits per heavy atom. The topological polar surface area (TPSA) is 205 Å². The molecule has 13 nitrogen and oxygen atoms in total. The first-order valence-electron chi connectivity index (χ1n) is 12.8. The number of halogens is 1. The first-order chi connectivity index (χ1) is 19.4. The number of carboxylic acid groups (broad SMARTS) is 1. The largest absolute Gasteiger partial charge is 0.481 e. The summed E-state index contributed by atoms with van der Waals surface area (Å²) in [6.45, 7) is 2.40. The number of aliphatic hydroxyl groups excluding tert-OH is 2. The van der Waals surface area contributed by atoms with Crippen LogP contribution in [0, 0.1) is 22.6 Å². The van der Waals surface area contributed by atoms with Crippen molar-refractivity contribution in [2.24, 2.45) is 11.1 Å². The van der Waals surface area contributed by atoms with Crippen molar-refractivity contribution in [3.05, 3.63) is 59.8 Å². The number of carbonyl (C=O) groups is 2. The van der Waals surface area contributed by atoms with E-state index in [4.69, 9.17) is 15.2 Å². The van der Waals surface area contributed by atoms with Gasteiger partial charge in [-0.25, -0.2) is 13.9 Å². The summed E-state index contributed by atoms with van der Waals surface area (Å²) in [5, 5.41) is 47.5. The number of rotatable bonds is 11. The lowest BCUT2D eigenvalue weighted by molar-refractivity contribution is -0.148. The fourth-order valence-electron chi connectivity index (χ4n) is 4.56. The highest BCUT2D eigenvalue weighted by Gasteiger charge is 2.58. The molecule has 0 bridgehead atoms. The Hall–Kier alpha value is -4.00. The molecule has 1 aliphatic heterocycles. The smallest absolute Gasteiger partial charge is 0.309 e. The Morgan fingerprint density at radius 2 is 2.02 bits per heavy atom. The van der Waals surface area contributed by atoms with Gasteiger partial charge in [0.2, 0.25) is 11.5 Å². The quantitative estimate of drug-likeness (QED) is 0.217. The van der Waals surface area contributed by atoms with Crippen LogP contribution in [0.4, 0.5) is 10.2 Å². The normalized spacial score (nSPS) is 23.3. The van der Waals surface area contributed by atoms with E-state index in [1.807, 2.05) is 6.07 Å². The number of aromatic nitrogens is 3. The number of fused-ring (bicyclic) bond motifs is 1. The average Bonchev–Trinajstić information content (AvgIpc) is 3.50. The van der Waals surface area contributed by atoms with Crippen molar-refractivity contribution in [3.63, 3.8) is 0 Å². The Kier molecular flexibility index (Phi) is 8.66. The average molecular weight is 571 g/mol. The van der Waals surface area contributed by atoms with Gasteiger partial charge in [-0.05, 0) is 56.5 Å². The zero-order valence-electron chi connectivity index (χ0n) is 22.4. The zero-order valence-corrected chi connectivity index (χ0v) is 22.4. The molecule has 1 aromatic carbocycles. The second-order valence-electron chi connectivity index (χ2n) is 10.5. The Morgan fingerprint density at radius 3 is 2.66 bits per heavy atom. The van der Waals surface area contributed by atoms with Crippen molar-refractivity contribution in [3.8, 4) is 6.07 Å². The molecule has 0 aliphatic carbocycles. The number of ether oxygens (including phenoxy) is 2. The first kappa shape index (κ1) is 30.0. The lowest BCUT2D eigenvalue weighted by Crippen LogP contribution is -2.42. The Balaban J connectivity index is 1.56. The maximum atomic E-state index is 13.2. The number of amides is 1. The Bertz CT molecular complexity index is 1460. The molecule has 0 unspecified atom stereocenters. The van der Waals surface area contributed by atoms with Crippen LogP contribution >= 0.6 is 0 Å². The van der Waals surface area contributed by atoms with Crippen molar-refractivity contribution >= 4 is 23.2 Å². The van der Waals surface area contributed by atoms with Crippen molar-refractivity contribution < 1.29 is 38.8 Å². The molecule has 5 atom stereocenters. The van der Waals surface area contributed by atoms with Gasteiger partial charge in [-0.15, -0.1) is 0 Å². The summed E-state index contributed by atoms with van der Waals surface area (Å²) in [5.41, 5.74) is 3.95. The molecule has 3 heterocycles. The monoisotopic (exact) mass is 570 g/mol. The van der Waals surface area contributed by atoms with Crippen LogP contribution in [-0.4, -0.2) is 79.4 Å². The number of aliphatic hydroxyl groups is 2. The molecule has 1 amide bonds. The molecule has 0 spiro atoms. The molecule has 1 saturated heterocycles. The second kappa shape index (κ2) is 11.9. The minimum Gasteiger partial charge on any atom is -0.481 e. The number of nitrogens with one attached hydrogen (secondary N) is 1. The highest BCUT2D eigenvalue weighted by Crippen LogP contribution is 2.42. The highest BCUT2D eigenvalue weighted by molar-refractivity contribution is 5.97. The van der Waals surface area contributed by atoms with E-state index in [1.165, 1.54) is 54.8 Å². The molecule has 1 fully saturated rings.